The van der Waals surface area contributed by atoms with Gasteiger partial charge in [0.1, 0.15) is 5.82 Å². The number of rotatable bonds is 6. The van der Waals surface area contributed by atoms with E-state index in [0.29, 0.717) is 12.0 Å². The number of fused-ring (bicyclic) bond motifs is 1. The third-order valence-electron chi connectivity index (χ3n) is 4.90. The molecule has 1 aliphatic heterocycles. The summed E-state index contributed by atoms with van der Waals surface area (Å²) in [7, 11) is 0. The van der Waals surface area contributed by atoms with E-state index in [1.54, 1.807) is 11.3 Å². The number of hydrogen-bond acceptors (Lipinski definition) is 4. The van der Waals surface area contributed by atoms with Gasteiger partial charge >= 0.3 is 0 Å². The van der Waals surface area contributed by atoms with Crippen molar-refractivity contribution in [3.8, 4) is 0 Å². The van der Waals surface area contributed by atoms with Gasteiger partial charge in [0.05, 0.1) is 13.1 Å². The number of aryl methyl sites for hydroxylation is 1. The first-order valence-corrected chi connectivity index (χ1v) is 10.8. The van der Waals surface area contributed by atoms with Gasteiger partial charge in [-0.25, -0.2) is 9.67 Å². The maximum Gasteiger partial charge on any atom is 0.191 e. The Morgan fingerprint density at radius 3 is 2.86 bits per heavy atom. The molecule has 1 atom stereocenters. The van der Waals surface area contributed by atoms with E-state index in [0.717, 1.165) is 50.1 Å². The normalized spacial score (nSPS) is 17.2. The minimum absolute atomic E-state index is 0. The van der Waals surface area contributed by atoms with Gasteiger partial charge in [0, 0.05) is 35.2 Å². The van der Waals surface area contributed by atoms with Crippen LogP contribution in [-0.4, -0.2) is 39.9 Å². The predicted molar refractivity (Wildman–Crippen MR) is 128 cm³/mol. The molecule has 0 aromatic carbocycles. The maximum atomic E-state index is 4.88. The SMILES string of the molecule is CCNC(=NCC(C)(C)c1cccs1)NC1CCc2nc(C(C)C)nn2C1.I. The molecule has 2 aromatic heterocycles. The molecule has 2 N–H and O–H groups in total. The maximum absolute atomic E-state index is 4.88. The minimum Gasteiger partial charge on any atom is -0.357 e. The Kier molecular flexibility index (Phi) is 8.30. The molecule has 0 saturated carbocycles. The molecule has 6 nitrogen and oxygen atoms in total. The van der Waals surface area contributed by atoms with Crippen molar-refractivity contribution in [2.45, 2.75) is 71.4 Å². The van der Waals surface area contributed by atoms with E-state index in [2.05, 4.69) is 77.5 Å². The van der Waals surface area contributed by atoms with Gasteiger partial charge in [0.25, 0.3) is 0 Å². The van der Waals surface area contributed by atoms with Crippen LogP contribution >= 0.6 is 35.3 Å². The number of nitrogens with zero attached hydrogens (tertiary/aromatic N) is 4. The molecule has 0 bridgehead atoms. The molecule has 0 fully saturated rings. The van der Waals surface area contributed by atoms with Crippen molar-refractivity contribution in [1.29, 1.82) is 0 Å². The average Bonchev–Trinajstić information content (AvgIpc) is 3.29. The molecule has 2 aromatic rings. The number of hydrogen-bond donors (Lipinski definition) is 2. The van der Waals surface area contributed by atoms with Crippen molar-refractivity contribution in [2.75, 3.05) is 13.1 Å². The highest BCUT2D eigenvalue weighted by molar-refractivity contribution is 14.0. The second kappa shape index (κ2) is 10.0. The van der Waals surface area contributed by atoms with Crippen LogP contribution in [0.5, 0.6) is 0 Å². The summed E-state index contributed by atoms with van der Waals surface area (Å²) < 4.78 is 2.07. The summed E-state index contributed by atoms with van der Waals surface area (Å²) in [5, 5.41) is 13.8. The lowest BCUT2D eigenvalue weighted by atomic mass is 9.92. The van der Waals surface area contributed by atoms with E-state index >= 15 is 0 Å². The molecule has 0 aliphatic carbocycles. The van der Waals surface area contributed by atoms with Gasteiger partial charge in [-0.1, -0.05) is 33.8 Å². The molecule has 1 aliphatic rings. The zero-order valence-corrected chi connectivity index (χ0v) is 20.7. The van der Waals surface area contributed by atoms with Crippen LogP contribution in [0.4, 0.5) is 0 Å². The molecule has 0 amide bonds. The number of nitrogens with one attached hydrogen (secondary N) is 2. The van der Waals surface area contributed by atoms with Crippen molar-refractivity contribution in [3.63, 3.8) is 0 Å². The molecule has 3 rings (SSSR count). The Labute approximate surface area is 189 Å². The van der Waals surface area contributed by atoms with Crippen molar-refractivity contribution < 1.29 is 0 Å². The summed E-state index contributed by atoms with van der Waals surface area (Å²) >= 11 is 1.80. The van der Waals surface area contributed by atoms with Gasteiger partial charge in [0.2, 0.25) is 0 Å². The Morgan fingerprint density at radius 1 is 1.43 bits per heavy atom. The summed E-state index contributed by atoms with van der Waals surface area (Å²) in [5.41, 5.74) is 0.0360. The molecular formula is C20H33IN6S. The molecule has 0 saturated heterocycles. The largest absolute Gasteiger partial charge is 0.357 e. The van der Waals surface area contributed by atoms with Crippen LogP contribution in [0.25, 0.3) is 0 Å². The lowest BCUT2D eigenvalue weighted by Gasteiger charge is -2.26. The van der Waals surface area contributed by atoms with Crippen LogP contribution in [-0.2, 0) is 18.4 Å². The highest BCUT2D eigenvalue weighted by Crippen LogP contribution is 2.27. The molecule has 28 heavy (non-hydrogen) atoms. The lowest BCUT2D eigenvalue weighted by Crippen LogP contribution is -2.47. The second-order valence-corrected chi connectivity index (χ2v) is 9.11. The van der Waals surface area contributed by atoms with Crippen LogP contribution in [0, 0.1) is 0 Å². The van der Waals surface area contributed by atoms with Gasteiger partial charge in [-0.15, -0.1) is 35.3 Å². The highest BCUT2D eigenvalue weighted by atomic mass is 127. The fourth-order valence-corrected chi connectivity index (χ4v) is 4.07. The number of guanidine groups is 1. The topological polar surface area (TPSA) is 67.1 Å². The molecule has 0 spiro atoms. The quantitative estimate of drug-likeness (QED) is 0.347. The molecule has 8 heteroatoms. The summed E-state index contributed by atoms with van der Waals surface area (Å²) in [5.74, 6) is 3.31. The van der Waals surface area contributed by atoms with Gasteiger partial charge in [-0.05, 0) is 24.8 Å². The van der Waals surface area contributed by atoms with E-state index in [-0.39, 0.29) is 29.4 Å². The zero-order valence-electron chi connectivity index (χ0n) is 17.5. The van der Waals surface area contributed by atoms with E-state index in [4.69, 9.17) is 4.99 Å². The van der Waals surface area contributed by atoms with Crippen LogP contribution in [0.15, 0.2) is 22.5 Å². The van der Waals surface area contributed by atoms with Crippen LogP contribution in [0.1, 0.15) is 63.5 Å². The number of halogens is 1. The van der Waals surface area contributed by atoms with Gasteiger partial charge in [0.15, 0.2) is 11.8 Å². The molecule has 3 heterocycles. The summed E-state index contributed by atoms with van der Waals surface area (Å²) in [6.07, 6.45) is 2.01. The highest BCUT2D eigenvalue weighted by Gasteiger charge is 2.24. The number of aromatic nitrogens is 3. The van der Waals surface area contributed by atoms with E-state index < -0.39 is 0 Å². The third kappa shape index (κ3) is 5.68. The first-order valence-electron chi connectivity index (χ1n) is 9.91. The van der Waals surface area contributed by atoms with Crippen molar-refractivity contribution in [1.82, 2.24) is 25.4 Å². The van der Waals surface area contributed by atoms with Gasteiger partial charge in [-0.3, -0.25) is 4.99 Å². The summed E-state index contributed by atoms with van der Waals surface area (Å²) in [6, 6.07) is 4.63. The first-order chi connectivity index (χ1) is 12.9. The predicted octanol–water partition coefficient (Wildman–Crippen LogP) is 3.93. The lowest BCUT2D eigenvalue weighted by molar-refractivity contribution is 0.391. The monoisotopic (exact) mass is 516 g/mol. The molecule has 156 valence electrons. The second-order valence-electron chi connectivity index (χ2n) is 8.16. The fourth-order valence-electron chi connectivity index (χ4n) is 3.22. The molecular weight excluding hydrogens is 483 g/mol. The minimum atomic E-state index is 0. The number of aliphatic imine (C=N–C) groups is 1. The molecule has 1 unspecified atom stereocenters. The van der Waals surface area contributed by atoms with Crippen molar-refractivity contribution in [3.05, 3.63) is 34.0 Å². The fraction of sp³-hybridized carbons (Fsp3) is 0.650. The number of thiophene rings is 1. The standard InChI is InChI=1S/C20H32N6S.HI/c1-6-21-19(22-13-20(4,5)16-8-7-11-27-16)23-15-9-10-17-24-18(14(2)3)25-26(17)12-15;/h7-8,11,14-15H,6,9-10,12-13H2,1-5H3,(H2,21,22,23);1H. The van der Waals surface area contributed by atoms with Gasteiger partial charge in [-0.2, -0.15) is 5.10 Å². The Balaban J connectivity index is 0.00000280. The van der Waals surface area contributed by atoms with Crippen molar-refractivity contribution in [2.24, 2.45) is 4.99 Å². The Morgan fingerprint density at radius 2 is 2.21 bits per heavy atom. The zero-order chi connectivity index (χ0) is 19.4. The summed E-state index contributed by atoms with van der Waals surface area (Å²) in [4.78, 5) is 10.9. The molecule has 0 radical (unpaired) electrons. The third-order valence-corrected chi connectivity index (χ3v) is 6.13. The first kappa shape index (κ1) is 23.1. The van der Waals surface area contributed by atoms with Crippen LogP contribution in [0.2, 0.25) is 0 Å². The van der Waals surface area contributed by atoms with Gasteiger partial charge < -0.3 is 10.6 Å². The van der Waals surface area contributed by atoms with Crippen LogP contribution in [0.3, 0.4) is 0 Å². The van der Waals surface area contributed by atoms with Crippen molar-refractivity contribution >= 4 is 41.3 Å². The van der Waals surface area contributed by atoms with E-state index in [1.807, 2.05) is 0 Å². The van der Waals surface area contributed by atoms with Crippen LogP contribution < -0.4 is 10.6 Å². The Hall–Kier alpha value is -1.16. The van der Waals surface area contributed by atoms with E-state index in [1.165, 1.54) is 4.88 Å². The summed E-state index contributed by atoms with van der Waals surface area (Å²) in [6.45, 7) is 13.3. The smallest absolute Gasteiger partial charge is 0.191 e. The average molecular weight is 516 g/mol. The van der Waals surface area contributed by atoms with E-state index in [9.17, 15) is 0 Å². The Bertz CT molecular complexity index is 766.